The lowest BCUT2D eigenvalue weighted by Gasteiger charge is -2.31. The monoisotopic (exact) mass is 859 g/mol. The Morgan fingerprint density at radius 2 is 0.821 bits per heavy atom. The van der Waals surface area contributed by atoms with Gasteiger partial charge >= 0.3 is 0 Å². The van der Waals surface area contributed by atoms with Crippen LogP contribution in [0.4, 0.5) is 34.1 Å². The summed E-state index contributed by atoms with van der Waals surface area (Å²) in [5.74, 6) is 0. The third-order valence-corrected chi connectivity index (χ3v) is 14.9. The van der Waals surface area contributed by atoms with Crippen LogP contribution in [-0.2, 0) is 10.8 Å². The lowest BCUT2D eigenvalue weighted by Crippen LogP contribution is -2.16. The van der Waals surface area contributed by atoms with Crippen LogP contribution < -0.4 is 9.80 Å². The number of anilines is 6. The number of hydrogen-bond acceptors (Lipinski definition) is 2. The van der Waals surface area contributed by atoms with E-state index in [2.05, 4.69) is 267 Å². The summed E-state index contributed by atoms with van der Waals surface area (Å²) in [6, 6.07) is 83.3. The topological polar surface area (TPSA) is 11.4 Å². The van der Waals surface area contributed by atoms with E-state index in [1.807, 2.05) is 0 Å². The standard InChI is InChI=1S/C64H49N3/c1-63(2)54-30-18-16-28-50(54)52-38-46(33-35-56(52)63)65(43-21-8-5-9-22-43)48-40-59(62-60(41-48)67(45-25-12-7-13-26-45)58-37-32-42-20-14-15-27-49(42)61(58)62)66(44-23-10-6-11-24-44)47-34-36-57-53(39-47)51-29-17-19-31-55(51)64(57,3)4/h5-41H,1-4H3. The van der Waals surface area contributed by atoms with Crippen LogP contribution in [0, 0.1) is 0 Å². The predicted molar refractivity (Wildman–Crippen MR) is 283 cm³/mol. The molecule has 0 aliphatic heterocycles. The molecule has 2 aliphatic rings. The van der Waals surface area contributed by atoms with E-state index >= 15 is 0 Å². The van der Waals surface area contributed by atoms with Gasteiger partial charge in [0.2, 0.25) is 0 Å². The highest BCUT2D eigenvalue weighted by atomic mass is 15.2. The molecule has 0 N–H and O–H groups in total. The average Bonchev–Trinajstić information content (AvgIpc) is 3.92. The van der Waals surface area contributed by atoms with E-state index in [1.165, 1.54) is 71.6 Å². The van der Waals surface area contributed by atoms with Crippen LogP contribution in [-0.4, -0.2) is 4.57 Å². The van der Waals surface area contributed by atoms with E-state index < -0.39 is 0 Å². The molecule has 3 nitrogen and oxygen atoms in total. The van der Waals surface area contributed by atoms with E-state index in [0.717, 1.165) is 45.3 Å². The maximum atomic E-state index is 2.52. The van der Waals surface area contributed by atoms with Crippen molar-refractivity contribution in [3.05, 3.63) is 247 Å². The SMILES string of the molecule is CC1(C)c2ccccc2-c2cc(N(c3ccccc3)c3cc(N(c4ccccc4)c4ccc5c(c4)-c4ccccc4C5(C)C)c4c5c6ccccc6ccc5n(-c5ccccc5)c4c3)ccc21. The van der Waals surface area contributed by atoms with Gasteiger partial charge in [0.25, 0.3) is 0 Å². The van der Waals surface area contributed by atoms with Crippen LogP contribution in [0.2, 0.25) is 0 Å². The molecule has 1 heterocycles. The summed E-state index contributed by atoms with van der Waals surface area (Å²) in [6.07, 6.45) is 0. The first-order valence-electron chi connectivity index (χ1n) is 23.5. The van der Waals surface area contributed by atoms with E-state index in [1.54, 1.807) is 0 Å². The van der Waals surface area contributed by atoms with Gasteiger partial charge in [-0.15, -0.1) is 0 Å². The van der Waals surface area contributed by atoms with Crippen molar-refractivity contribution in [1.82, 2.24) is 4.57 Å². The molecule has 67 heavy (non-hydrogen) atoms. The first-order valence-corrected chi connectivity index (χ1v) is 23.5. The molecule has 2 aliphatic carbocycles. The minimum Gasteiger partial charge on any atom is -0.310 e. The molecule has 0 fully saturated rings. The van der Waals surface area contributed by atoms with Crippen molar-refractivity contribution < 1.29 is 0 Å². The average molecular weight is 860 g/mol. The quantitative estimate of drug-likeness (QED) is 0.158. The third-order valence-electron chi connectivity index (χ3n) is 14.9. The Morgan fingerprint density at radius 1 is 0.328 bits per heavy atom. The molecule has 0 saturated heterocycles. The summed E-state index contributed by atoms with van der Waals surface area (Å²) in [5.41, 5.74) is 20.4. The lowest BCUT2D eigenvalue weighted by atomic mass is 9.82. The number of rotatable bonds is 7. The fraction of sp³-hybridized carbons (Fsp3) is 0.0938. The normalized spacial score (nSPS) is 13.9. The molecule has 0 amide bonds. The Labute approximate surface area is 392 Å². The minimum atomic E-state index is -0.112. The summed E-state index contributed by atoms with van der Waals surface area (Å²) >= 11 is 0. The summed E-state index contributed by atoms with van der Waals surface area (Å²) < 4.78 is 2.49. The smallest absolute Gasteiger partial charge is 0.0583 e. The maximum absolute atomic E-state index is 2.52. The molecular weight excluding hydrogens is 811 g/mol. The van der Waals surface area contributed by atoms with Crippen molar-refractivity contribution >= 4 is 66.7 Å². The number of benzene rings is 10. The molecule has 0 radical (unpaired) electrons. The van der Waals surface area contributed by atoms with Gasteiger partial charge < -0.3 is 14.4 Å². The molecule has 320 valence electrons. The van der Waals surface area contributed by atoms with Crippen molar-refractivity contribution in [2.24, 2.45) is 0 Å². The van der Waals surface area contributed by atoms with Gasteiger partial charge in [-0.05, 0) is 134 Å². The molecule has 0 atom stereocenters. The summed E-state index contributed by atoms with van der Waals surface area (Å²) in [6.45, 7) is 9.43. The molecule has 13 rings (SSSR count). The second-order valence-electron chi connectivity index (χ2n) is 19.4. The van der Waals surface area contributed by atoms with Crippen LogP contribution in [0.3, 0.4) is 0 Å². The van der Waals surface area contributed by atoms with Crippen molar-refractivity contribution in [2.75, 3.05) is 9.80 Å². The fourth-order valence-electron chi connectivity index (χ4n) is 11.8. The van der Waals surface area contributed by atoms with E-state index in [4.69, 9.17) is 0 Å². The first kappa shape index (κ1) is 39.2. The largest absolute Gasteiger partial charge is 0.310 e. The molecular formula is C64H49N3. The van der Waals surface area contributed by atoms with Gasteiger partial charge in [0.15, 0.2) is 0 Å². The Kier molecular flexibility index (Phi) is 8.60. The van der Waals surface area contributed by atoms with Gasteiger partial charge in [-0.1, -0.05) is 173 Å². The van der Waals surface area contributed by atoms with E-state index in [9.17, 15) is 0 Å². The molecule has 3 heteroatoms. The van der Waals surface area contributed by atoms with Crippen LogP contribution in [0.5, 0.6) is 0 Å². The van der Waals surface area contributed by atoms with Crippen molar-refractivity contribution in [3.8, 4) is 27.9 Å². The number of hydrogen-bond donors (Lipinski definition) is 0. The number of fused-ring (bicyclic) bond motifs is 11. The Bertz CT molecular complexity index is 3750. The molecule has 0 spiro atoms. The Morgan fingerprint density at radius 3 is 1.43 bits per heavy atom. The van der Waals surface area contributed by atoms with Crippen LogP contribution >= 0.6 is 0 Å². The van der Waals surface area contributed by atoms with Crippen molar-refractivity contribution in [3.63, 3.8) is 0 Å². The Balaban J connectivity index is 1.17. The van der Waals surface area contributed by atoms with E-state index in [-0.39, 0.29) is 10.8 Å². The summed E-state index contributed by atoms with van der Waals surface area (Å²) in [4.78, 5) is 4.98. The van der Waals surface area contributed by atoms with Gasteiger partial charge in [0.05, 0.1) is 22.4 Å². The maximum Gasteiger partial charge on any atom is 0.0583 e. The first-order chi connectivity index (χ1) is 32.8. The minimum absolute atomic E-state index is 0.102. The van der Waals surface area contributed by atoms with Gasteiger partial charge in [0, 0.05) is 50.0 Å². The molecule has 10 aromatic carbocycles. The summed E-state index contributed by atoms with van der Waals surface area (Å²) in [5, 5.41) is 4.87. The lowest BCUT2D eigenvalue weighted by molar-refractivity contribution is 0.660. The predicted octanol–water partition coefficient (Wildman–Crippen LogP) is 17.5. The van der Waals surface area contributed by atoms with Crippen molar-refractivity contribution in [1.29, 1.82) is 0 Å². The molecule has 1 aromatic heterocycles. The third kappa shape index (κ3) is 5.84. The fourth-order valence-corrected chi connectivity index (χ4v) is 11.8. The highest BCUT2D eigenvalue weighted by Crippen LogP contribution is 2.55. The highest BCUT2D eigenvalue weighted by Gasteiger charge is 2.37. The molecule has 0 bridgehead atoms. The van der Waals surface area contributed by atoms with Crippen LogP contribution in [0.15, 0.2) is 224 Å². The summed E-state index contributed by atoms with van der Waals surface area (Å²) in [7, 11) is 0. The number of aromatic nitrogens is 1. The zero-order valence-electron chi connectivity index (χ0n) is 38.2. The van der Waals surface area contributed by atoms with Gasteiger partial charge in [-0.3, -0.25) is 0 Å². The second-order valence-corrected chi connectivity index (χ2v) is 19.4. The van der Waals surface area contributed by atoms with Gasteiger partial charge in [0.1, 0.15) is 0 Å². The van der Waals surface area contributed by atoms with Crippen molar-refractivity contribution in [2.45, 2.75) is 38.5 Å². The van der Waals surface area contributed by atoms with Gasteiger partial charge in [-0.2, -0.15) is 0 Å². The molecule has 0 saturated carbocycles. The molecule has 0 unspecified atom stereocenters. The number of nitrogens with zero attached hydrogens (tertiary/aromatic N) is 3. The zero-order valence-corrected chi connectivity index (χ0v) is 38.2. The number of para-hydroxylation sites is 3. The van der Waals surface area contributed by atoms with Crippen LogP contribution in [0.1, 0.15) is 49.9 Å². The second kappa shape index (κ2) is 14.7. The Hall–Kier alpha value is -8.14. The van der Waals surface area contributed by atoms with Crippen LogP contribution in [0.25, 0.3) is 60.5 Å². The molecule has 11 aromatic rings. The van der Waals surface area contributed by atoms with Gasteiger partial charge in [-0.25, -0.2) is 0 Å². The van der Waals surface area contributed by atoms with E-state index in [0.29, 0.717) is 0 Å². The highest BCUT2D eigenvalue weighted by molar-refractivity contribution is 6.26. The zero-order chi connectivity index (χ0) is 45.0.